The van der Waals surface area contributed by atoms with E-state index in [1.807, 2.05) is 17.1 Å². The average Bonchev–Trinajstić information content (AvgIpc) is 2.20. The molecule has 13 heavy (non-hydrogen) atoms. The molecule has 1 aromatic rings. The van der Waals surface area contributed by atoms with Crippen molar-refractivity contribution in [2.75, 3.05) is 18.1 Å². The average molecular weight is 177 g/mol. The van der Waals surface area contributed by atoms with Crippen molar-refractivity contribution in [3.05, 3.63) is 24.3 Å². The lowest BCUT2D eigenvalue weighted by atomic mass is 10.3. The van der Waals surface area contributed by atoms with E-state index in [4.69, 9.17) is 5.11 Å². The minimum atomic E-state index is 0.276. The second kappa shape index (κ2) is 3.43. The summed E-state index contributed by atoms with van der Waals surface area (Å²) >= 11 is 0. The minimum Gasteiger partial charge on any atom is -0.508 e. The molecule has 4 heteroatoms. The molecule has 68 valence electrons. The molecule has 2 rings (SSSR count). The summed E-state index contributed by atoms with van der Waals surface area (Å²) in [6, 6.07) is 6.97. The number of benzene rings is 1. The zero-order valence-corrected chi connectivity index (χ0v) is 7.22. The molecular weight excluding hydrogens is 166 g/mol. The summed E-state index contributed by atoms with van der Waals surface area (Å²) in [4.78, 5) is 0. The third kappa shape index (κ3) is 1.77. The van der Waals surface area contributed by atoms with E-state index < -0.39 is 0 Å². The van der Waals surface area contributed by atoms with Crippen LogP contribution in [0.3, 0.4) is 0 Å². The summed E-state index contributed by atoms with van der Waals surface area (Å²) in [6.45, 7) is 1.71. The lowest BCUT2D eigenvalue weighted by Crippen LogP contribution is -2.20. The highest BCUT2D eigenvalue weighted by Crippen LogP contribution is 2.20. The number of phenols is 1. The smallest absolute Gasteiger partial charge is 0.115 e. The summed E-state index contributed by atoms with van der Waals surface area (Å²) in [5, 5.41) is 18.9. The van der Waals surface area contributed by atoms with Crippen LogP contribution in [-0.4, -0.2) is 18.2 Å². The molecule has 0 bridgehead atoms. The van der Waals surface area contributed by atoms with E-state index in [0.717, 1.165) is 25.2 Å². The topological polar surface area (TPSA) is 48.2 Å². The summed E-state index contributed by atoms with van der Waals surface area (Å²) in [5.41, 5.74) is 0.973. The van der Waals surface area contributed by atoms with Gasteiger partial charge in [-0.25, -0.2) is 5.01 Å². The summed E-state index contributed by atoms with van der Waals surface area (Å²) < 4.78 is 0. The molecule has 1 aliphatic rings. The zero-order chi connectivity index (χ0) is 9.10. The Bertz CT molecular complexity index is 307. The van der Waals surface area contributed by atoms with Crippen molar-refractivity contribution in [3.8, 4) is 5.75 Å². The van der Waals surface area contributed by atoms with E-state index in [1.165, 1.54) is 0 Å². The van der Waals surface area contributed by atoms with Crippen molar-refractivity contribution >= 4 is 5.69 Å². The van der Waals surface area contributed by atoms with Gasteiger partial charge in [0, 0.05) is 6.54 Å². The lowest BCUT2D eigenvalue weighted by molar-refractivity contribution is 0.475. The van der Waals surface area contributed by atoms with Crippen LogP contribution >= 0.6 is 0 Å². The molecule has 4 nitrogen and oxygen atoms in total. The zero-order valence-electron chi connectivity index (χ0n) is 7.22. The Kier molecular flexibility index (Phi) is 2.12. The van der Waals surface area contributed by atoms with Gasteiger partial charge in [0.1, 0.15) is 5.75 Å². The van der Waals surface area contributed by atoms with Gasteiger partial charge in [-0.1, -0.05) is 5.22 Å². The molecular formula is C9H11N3O. The molecule has 0 aromatic heterocycles. The molecule has 0 spiro atoms. The number of aromatic hydroxyl groups is 1. The van der Waals surface area contributed by atoms with Gasteiger partial charge >= 0.3 is 0 Å². The Balaban J connectivity index is 2.19. The van der Waals surface area contributed by atoms with Crippen LogP contribution in [-0.2, 0) is 0 Å². The number of anilines is 1. The predicted octanol–water partition coefficient (Wildman–Crippen LogP) is 1.97. The van der Waals surface area contributed by atoms with Crippen LogP contribution in [0.1, 0.15) is 6.42 Å². The van der Waals surface area contributed by atoms with Crippen LogP contribution in [0.4, 0.5) is 5.69 Å². The molecule has 1 N–H and O–H groups in total. The molecule has 0 fully saturated rings. The quantitative estimate of drug-likeness (QED) is 0.712. The van der Waals surface area contributed by atoms with Gasteiger partial charge < -0.3 is 5.11 Å². The van der Waals surface area contributed by atoms with Crippen molar-refractivity contribution < 1.29 is 5.11 Å². The maximum Gasteiger partial charge on any atom is 0.115 e. The first-order valence-corrected chi connectivity index (χ1v) is 4.30. The number of hydrogen-bond acceptors (Lipinski definition) is 4. The molecule has 0 unspecified atom stereocenters. The fraction of sp³-hybridized carbons (Fsp3) is 0.333. The number of hydrogen-bond donors (Lipinski definition) is 1. The van der Waals surface area contributed by atoms with E-state index in [1.54, 1.807) is 12.1 Å². The molecule has 1 aromatic carbocycles. The first-order chi connectivity index (χ1) is 6.36. The number of nitrogens with zero attached hydrogens (tertiary/aromatic N) is 3. The second-order valence-corrected chi connectivity index (χ2v) is 2.95. The van der Waals surface area contributed by atoms with Crippen LogP contribution in [0, 0.1) is 0 Å². The van der Waals surface area contributed by atoms with Gasteiger partial charge in [-0.2, -0.15) is 5.11 Å². The summed E-state index contributed by atoms with van der Waals surface area (Å²) in [6.07, 6.45) is 1.03. The van der Waals surface area contributed by atoms with Crippen molar-refractivity contribution in [1.29, 1.82) is 0 Å². The predicted molar refractivity (Wildman–Crippen MR) is 49.8 cm³/mol. The van der Waals surface area contributed by atoms with Crippen LogP contribution in [0.15, 0.2) is 34.6 Å². The second-order valence-electron chi connectivity index (χ2n) is 2.95. The fourth-order valence-electron chi connectivity index (χ4n) is 1.26. The maximum atomic E-state index is 9.08. The van der Waals surface area contributed by atoms with E-state index in [-0.39, 0.29) is 5.75 Å². The third-order valence-corrected chi connectivity index (χ3v) is 1.95. The molecule has 1 heterocycles. The Morgan fingerprint density at radius 3 is 2.62 bits per heavy atom. The molecule has 0 radical (unpaired) electrons. The summed E-state index contributed by atoms with van der Waals surface area (Å²) in [5.74, 6) is 0.276. The molecule has 0 saturated carbocycles. The minimum absolute atomic E-state index is 0.276. The van der Waals surface area contributed by atoms with Crippen molar-refractivity contribution in [1.82, 2.24) is 0 Å². The Morgan fingerprint density at radius 1 is 1.23 bits per heavy atom. The fourth-order valence-corrected chi connectivity index (χ4v) is 1.26. The SMILES string of the molecule is Oc1ccc(N2CCCN=N2)cc1. The van der Waals surface area contributed by atoms with Crippen molar-refractivity contribution in [3.63, 3.8) is 0 Å². The van der Waals surface area contributed by atoms with E-state index in [2.05, 4.69) is 10.3 Å². The van der Waals surface area contributed by atoms with Gasteiger partial charge in [0.2, 0.25) is 0 Å². The van der Waals surface area contributed by atoms with Crippen LogP contribution in [0.2, 0.25) is 0 Å². The maximum absolute atomic E-state index is 9.08. The molecule has 0 amide bonds. The highest BCUT2D eigenvalue weighted by Gasteiger charge is 2.07. The number of phenolic OH excluding ortho intramolecular Hbond substituents is 1. The lowest BCUT2D eigenvalue weighted by Gasteiger charge is -2.19. The molecule has 1 aliphatic heterocycles. The van der Waals surface area contributed by atoms with Gasteiger partial charge in [0.25, 0.3) is 0 Å². The van der Waals surface area contributed by atoms with Gasteiger partial charge in [0.15, 0.2) is 0 Å². The van der Waals surface area contributed by atoms with E-state index >= 15 is 0 Å². The van der Waals surface area contributed by atoms with Gasteiger partial charge in [-0.15, -0.1) is 0 Å². The first-order valence-electron chi connectivity index (χ1n) is 4.30. The van der Waals surface area contributed by atoms with Gasteiger partial charge in [0.05, 0.1) is 12.2 Å². The molecule has 0 aliphatic carbocycles. The first kappa shape index (κ1) is 8.04. The Labute approximate surface area is 76.5 Å². The molecule has 0 atom stereocenters. The monoisotopic (exact) mass is 177 g/mol. The number of rotatable bonds is 1. The normalized spacial score (nSPS) is 16.2. The summed E-state index contributed by atoms with van der Waals surface area (Å²) in [7, 11) is 0. The van der Waals surface area contributed by atoms with Crippen molar-refractivity contribution in [2.24, 2.45) is 10.3 Å². The van der Waals surface area contributed by atoms with E-state index in [0.29, 0.717) is 0 Å². The van der Waals surface area contributed by atoms with Crippen LogP contribution in [0.5, 0.6) is 5.75 Å². The Hall–Kier alpha value is -1.58. The van der Waals surface area contributed by atoms with Gasteiger partial charge in [-0.3, -0.25) is 0 Å². The highest BCUT2D eigenvalue weighted by molar-refractivity contribution is 5.47. The largest absolute Gasteiger partial charge is 0.508 e. The third-order valence-electron chi connectivity index (χ3n) is 1.95. The standard InChI is InChI=1S/C9H11N3O/c13-9-4-2-8(3-5-9)12-7-1-6-10-11-12/h2-5,13H,1,6-7H2. The Morgan fingerprint density at radius 2 is 2.00 bits per heavy atom. The van der Waals surface area contributed by atoms with E-state index in [9.17, 15) is 0 Å². The van der Waals surface area contributed by atoms with Gasteiger partial charge in [-0.05, 0) is 30.7 Å². The van der Waals surface area contributed by atoms with Crippen LogP contribution in [0.25, 0.3) is 0 Å². The highest BCUT2D eigenvalue weighted by atomic mass is 16.3. The van der Waals surface area contributed by atoms with Crippen LogP contribution < -0.4 is 5.01 Å². The van der Waals surface area contributed by atoms with Crippen molar-refractivity contribution in [2.45, 2.75) is 6.42 Å². The molecule has 0 saturated heterocycles.